The van der Waals surface area contributed by atoms with Gasteiger partial charge in [0.1, 0.15) is 30.0 Å². The average Bonchev–Trinajstić information content (AvgIpc) is 3.04. The molecular formula is C32H41IN2O9. The maximum Gasteiger partial charge on any atom is 0.247 e. The molecule has 0 aliphatic heterocycles. The summed E-state index contributed by atoms with van der Waals surface area (Å²) >= 11 is 2.02. The first-order valence-corrected chi connectivity index (χ1v) is 15.6. The van der Waals surface area contributed by atoms with Crippen LogP contribution in [0.4, 0.5) is 0 Å². The first-order valence-electron chi connectivity index (χ1n) is 14.5. The van der Waals surface area contributed by atoms with Crippen molar-refractivity contribution in [2.75, 3.05) is 41.0 Å². The van der Waals surface area contributed by atoms with Gasteiger partial charge in [0.05, 0.1) is 37.5 Å². The van der Waals surface area contributed by atoms with Gasteiger partial charge >= 0.3 is 0 Å². The first kappa shape index (κ1) is 35.1. The van der Waals surface area contributed by atoms with E-state index in [4.69, 9.17) is 18.9 Å². The number of hydrogen-bond donors (Lipinski definition) is 3. The minimum absolute atomic E-state index is 0.0442. The van der Waals surface area contributed by atoms with Crippen molar-refractivity contribution in [2.45, 2.75) is 57.3 Å². The Bertz CT molecular complexity index is 1330. The molecule has 240 valence electrons. The lowest BCUT2D eigenvalue weighted by Crippen LogP contribution is -2.55. The van der Waals surface area contributed by atoms with E-state index < -0.39 is 24.2 Å². The number of methoxy groups -OCH3 is 3. The molecule has 2 amide bonds. The number of nitrogens with zero attached hydrogens (tertiary/aromatic N) is 1. The maximum atomic E-state index is 13.7. The number of hydrogen-bond acceptors (Lipinski definition) is 9. The van der Waals surface area contributed by atoms with E-state index in [2.05, 4.69) is 5.32 Å². The number of aliphatic hydroxyl groups excluding tert-OH is 2. The number of carbonyl (C=O) groups excluding carboxylic acids is 3. The lowest BCUT2D eigenvalue weighted by molar-refractivity contribution is -0.138. The molecule has 3 atom stereocenters. The predicted molar refractivity (Wildman–Crippen MR) is 173 cm³/mol. The number of rotatable bonds is 16. The Morgan fingerprint density at radius 3 is 2.50 bits per heavy atom. The molecule has 1 aliphatic carbocycles. The highest BCUT2D eigenvalue weighted by Gasteiger charge is 2.40. The zero-order chi connectivity index (χ0) is 32.2. The highest BCUT2D eigenvalue weighted by atomic mass is 127. The van der Waals surface area contributed by atoms with Crippen molar-refractivity contribution in [3.05, 3.63) is 56.7 Å². The molecule has 3 rings (SSSR count). The molecule has 0 spiro atoms. The van der Waals surface area contributed by atoms with Gasteiger partial charge in [-0.05, 0) is 77.4 Å². The third-order valence-corrected chi connectivity index (χ3v) is 8.23. The van der Waals surface area contributed by atoms with Crippen LogP contribution >= 0.6 is 22.6 Å². The van der Waals surface area contributed by atoms with Crippen LogP contribution in [0.1, 0.15) is 48.5 Å². The van der Waals surface area contributed by atoms with E-state index in [1.54, 1.807) is 37.3 Å². The van der Waals surface area contributed by atoms with Crippen LogP contribution in [0.3, 0.4) is 0 Å². The second-order valence-corrected chi connectivity index (χ2v) is 11.4. The van der Waals surface area contributed by atoms with Gasteiger partial charge in [-0.25, -0.2) is 0 Å². The molecule has 44 heavy (non-hydrogen) atoms. The van der Waals surface area contributed by atoms with Gasteiger partial charge in [0.2, 0.25) is 11.8 Å². The van der Waals surface area contributed by atoms with E-state index in [1.165, 1.54) is 19.3 Å². The van der Waals surface area contributed by atoms with Gasteiger partial charge in [-0.15, -0.1) is 0 Å². The Kier molecular flexibility index (Phi) is 13.7. The van der Waals surface area contributed by atoms with Crippen LogP contribution in [-0.4, -0.2) is 92.5 Å². The standard InChI is InChI=1S/C32H41IN2O9/c1-5-6-7-29(38)35(12-10-21-16-23(41-2)8-9-26(21)42-3)25-17-22(32(40)34-11-13-36)18-27(30(25)39)44-31-24(33)14-20(19-37)15-28(31)43-4/h8-9,14-16,18-19,25,27,30,36,39H,5-7,10-13,17H2,1-4H3,(H,34,40). The molecule has 0 aromatic heterocycles. The van der Waals surface area contributed by atoms with Gasteiger partial charge in [-0.3, -0.25) is 14.4 Å². The number of amides is 2. The number of ether oxygens (including phenoxy) is 4. The summed E-state index contributed by atoms with van der Waals surface area (Å²) in [5.41, 5.74) is 1.52. The van der Waals surface area contributed by atoms with Gasteiger partial charge in [-0.2, -0.15) is 0 Å². The summed E-state index contributed by atoms with van der Waals surface area (Å²) in [4.78, 5) is 39.9. The van der Waals surface area contributed by atoms with Crippen LogP contribution in [0, 0.1) is 3.57 Å². The summed E-state index contributed by atoms with van der Waals surface area (Å²) in [6.45, 7) is 2.03. The van der Waals surface area contributed by atoms with Crippen LogP contribution < -0.4 is 24.3 Å². The molecule has 0 fully saturated rings. The van der Waals surface area contributed by atoms with E-state index in [9.17, 15) is 24.6 Å². The van der Waals surface area contributed by atoms with Crippen LogP contribution in [0.15, 0.2) is 42.0 Å². The summed E-state index contributed by atoms with van der Waals surface area (Å²) < 4.78 is 23.3. The normalized spacial score (nSPS) is 17.7. The van der Waals surface area contributed by atoms with Crippen molar-refractivity contribution < 1.29 is 43.5 Å². The molecule has 1 aliphatic rings. The Labute approximate surface area is 271 Å². The molecule has 0 bridgehead atoms. The number of benzene rings is 2. The van der Waals surface area contributed by atoms with Gasteiger partial charge in [0.25, 0.3) is 0 Å². The van der Waals surface area contributed by atoms with Crippen molar-refractivity contribution in [1.82, 2.24) is 10.2 Å². The van der Waals surface area contributed by atoms with Gasteiger partial charge in [0.15, 0.2) is 11.5 Å². The Balaban J connectivity index is 2.03. The maximum absolute atomic E-state index is 13.7. The number of nitrogens with one attached hydrogen (secondary N) is 1. The van der Waals surface area contributed by atoms with E-state index in [1.807, 2.05) is 35.6 Å². The quantitative estimate of drug-likeness (QED) is 0.176. The van der Waals surface area contributed by atoms with E-state index in [0.29, 0.717) is 51.1 Å². The Morgan fingerprint density at radius 2 is 1.86 bits per heavy atom. The van der Waals surface area contributed by atoms with Crippen molar-refractivity contribution in [3.63, 3.8) is 0 Å². The van der Waals surface area contributed by atoms with Gasteiger partial charge in [0, 0.05) is 37.1 Å². The fourth-order valence-electron chi connectivity index (χ4n) is 5.10. The zero-order valence-electron chi connectivity index (χ0n) is 25.5. The second kappa shape index (κ2) is 17.2. The number of unbranched alkanes of at least 4 members (excludes halogenated alkanes) is 1. The summed E-state index contributed by atoms with van der Waals surface area (Å²) in [6, 6.07) is 7.78. The highest BCUT2D eigenvalue weighted by molar-refractivity contribution is 14.1. The molecule has 2 aromatic rings. The third-order valence-electron chi connectivity index (χ3n) is 7.43. The van der Waals surface area contributed by atoms with Crippen LogP contribution in [0.2, 0.25) is 0 Å². The molecule has 12 heteroatoms. The number of aldehydes is 1. The van der Waals surface area contributed by atoms with Crippen molar-refractivity contribution in [2.24, 2.45) is 0 Å². The third kappa shape index (κ3) is 8.85. The Hall–Kier alpha value is -3.36. The number of carbonyl (C=O) groups is 3. The summed E-state index contributed by atoms with van der Waals surface area (Å²) in [5, 5.41) is 23.7. The summed E-state index contributed by atoms with van der Waals surface area (Å²) in [7, 11) is 4.59. The minimum Gasteiger partial charge on any atom is -0.497 e. The van der Waals surface area contributed by atoms with E-state index in [0.717, 1.165) is 12.0 Å². The van der Waals surface area contributed by atoms with E-state index in [-0.39, 0.29) is 44.2 Å². The predicted octanol–water partition coefficient (Wildman–Crippen LogP) is 3.31. The zero-order valence-corrected chi connectivity index (χ0v) is 27.7. The average molecular weight is 725 g/mol. The highest BCUT2D eigenvalue weighted by Crippen LogP contribution is 2.37. The number of halogens is 1. The molecule has 2 aromatic carbocycles. The molecule has 0 radical (unpaired) electrons. The summed E-state index contributed by atoms with van der Waals surface area (Å²) in [6.07, 6.45) is 2.21. The van der Waals surface area contributed by atoms with Crippen LogP contribution in [0.5, 0.6) is 23.0 Å². The van der Waals surface area contributed by atoms with Crippen LogP contribution in [-0.2, 0) is 16.0 Å². The monoisotopic (exact) mass is 724 g/mol. The smallest absolute Gasteiger partial charge is 0.247 e. The fourth-order valence-corrected chi connectivity index (χ4v) is 5.86. The first-order chi connectivity index (χ1) is 21.2. The van der Waals surface area contributed by atoms with Gasteiger partial charge in [-0.1, -0.05) is 13.3 Å². The molecular weight excluding hydrogens is 683 g/mol. The van der Waals surface area contributed by atoms with Crippen molar-refractivity contribution in [3.8, 4) is 23.0 Å². The van der Waals surface area contributed by atoms with Crippen molar-refractivity contribution >= 4 is 40.7 Å². The van der Waals surface area contributed by atoms with Gasteiger partial charge < -0.3 is 39.4 Å². The second-order valence-electron chi connectivity index (χ2n) is 10.3. The number of aliphatic hydroxyl groups is 2. The molecule has 3 unspecified atom stereocenters. The fraction of sp³-hybridized carbons (Fsp3) is 0.469. The Morgan fingerprint density at radius 1 is 1.11 bits per heavy atom. The van der Waals surface area contributed by atoms with Crippen LogP contribution in [0.25, 0.3) is 0 Å². The topological polar surface area (TPSA) is 144 Å². The lowest BCUT2D eigenvalue weighted by atomic mass is 9.87. The summed E-state index contributed by atoms with van der Waals surface area (Å²) in [5.74, 6) is 1.27. The molecule has 0 heterocycles. The lowest BCUT2D eigenvalue weighted by Gasteiger charge is -2.41. The molecule has 11 nitrogen and oxygen atoms in total. The largest absolute Gasteiger partial charge is 0.497 e. The molecule has 3 N–H and O–H groups in total. The molecule has 0 saturated heterocycles. The van der Waals surface area contributed by atoms with Crippen molar-refractivity contribution in [1.29, 1.82) is 0 Å². The van der Waals surface area contributed by atoms with E-state index >= 15 is 0 Å². The SMILES string of the molecule is CCCCC(=O)N(CCc1cc(OC)ccc1OC)C1CC(C(=O)NCCO)=CC(Oc2c(I)cc(C=O)cc2OC)C1O. The minimum atomic E-state index is -1.21. The molecule has 0 saturated carbocycles.